The SMILES string of the molecule is CC(C)(C)CC(C)(C(=O)OCc1ccccc1)C(C)(C)C. The lowest BCUT2D eigenvalue weighted by Gasteiger charge is -2.43. The molecule has 0 aliphatic carbocycles. The van der Waals surface area contributed by atoms with Gasteiger partial charge in [0.15, 0.2) is 0 Å². The van der Waals surface area contributed by atoms with E-state index in [2.05, 4.69) is 41.5 Å². The predicted molar refractivity (Wildman–Crippen MR) is 87.9 cm³/mol. The van der Waals surface area contributed by atoms with Gasteiger partial charge in [0.1, 0.15) is 6.61 Å². The van der Waals surface area contributed by atoms with E-state index in [4.69, 9.17) is 4.74 Å². The highest BCUT2D eigenvalue weighted by molar-refractivity contribution is 5.77. The highest BCUT2D eigenvalue weighted by Gasteiger charge is 2.47. The first-order valence-corrected chi connectivity index (χ1v) is 7.67. The predicted octanol–water partition coefficient (Wildman–Crippen LogP) is 5.22. The fourth-order valence-electron chi connectivity index (χ4n) is 2.59. The topological polar surface area (TPSA) is 26.3 Å². The molecule has 118 valence electrons. The molecule has 1 aromatic rings. The molecule has 0 radical (unpaired) electrons. The molecule has 2 nitrogen and oxygen atoms in total. The molecule has 1 aromatic carbocycles. The van der Waals surface area contributed by atoms with Crippen LogP contribution in [0.15, 0.2) is 30.3 Å². The van der Waals surface area contributed by atoms with Crippen LogP contribution in [0.25, 0.3) is 0 Å². The van der Waals surface area contributed by atoms with Crippen LogP contribution in [0.5, 0.6) is 0 Å². The Kier molecular flexibility index (Phi) is 5.25. The first kappa shape index (κ1) is 17.7. The van der Waals surface area contributed by atoms with E-state index in [0.717, 1.165) is 12.0 Å². The molecular weight excluding hydrogens is 260 g/mol. The lowest BCUT2D eigenvalue weighted by atomic mass is 9.61. The van der Waals surface area contributed by atoms with Gasteiger partial charge in [-0.05, 0) is 29.7 Å². The van der Waals surface area contributed by atoms with Crippen molar-refractivity contribution in [2.45, 2.75) is 61.5 Å². The number of ether oxygens (including phenoxy) is 1. The van der Waals surface area contributed by atoms with Crippen LogP contribution in [0.3, 0.4) is 0 Å². The smallest absolute Gasteiger partial charge is 0.312 e. The number of hydrogen-bond donors (Lipinski definition) is 0. The minimum atomic E-state index is -0.500. The Morgan fingerprint density at radius 2 is 1.48 bits per heavy atom. The summed E-state index contributed by atoms with van der Waals surface area (Å²) in [7, 11) is 0. The maximum absolute atomic E-state index is 12.7. The van der Waals surface area contributed by atoms with Crippen molar-refractivity contribution in [2.75, 3.05) is 0 Å². The molecular formula is C19H30O2. The van der Waals surface area contributed by atoms with Gasteiger partial charge in [-0.1, -0.05) is 71.9 Å². The van der Waals surface area contributed by atoms with Crippen molar-refractivity contribution in [3.63, 3.8) is 0 Å². The van der Waals surface area contributed by atoms with E-state index >= 15 is 0 Å². The summed E-state index contributed by atoms with van der Waals surface area (Å²) in [5.41, 5.74) is 0.458. The molecule has 0 heterocycles. The Bertz CT molecular complexity index is 463. The van der Waals surface area contributed by atoms with E-state index < -0.39 is 5.41 Å². The third-order valence-corrected chi connectivity index (χ3v) is 4.20. The van der Waals surface area contributed by atoms with Crippen LogP contribution in [0.2, 0.25) is 0 Å². The summed E-state index contributed by atoms with van der Waals surface area (Å²) in [4.78, 5) is 12.7. The van der Waals surface area contributed by atoms with E-state index in [1.165, 1.54) is 0 Å². The third-order valence-electron chi connectivity index (χ3n) is 4.20. The van der Waals surface area contributed by atoms with Gasteiger partial charge in [0.25, 0.3) is 0 Å². The van der Waals surface area contributed by atoms with Crippen LogP contribution in [0.1, 0.15) is 60.5 Å². The van der Waals surface area contributed by atoms with Crippen molar-refractivity contribution < 1.29 is 9.53 Å². The largest absolute Gasteiger partial charge is 0.460 e. The van der Waals surface area contributed by atoms with E-state index in [-0.39, 0.29) is 16.8 Å². The standard InChI is InChI=1S/C19H30O2/c1-17(2,3)14-19(7,18(4,5)6)16(20)21-13-15-11-9-8-10-12-15/h8-12H,13-14H2,1-7H3. The van der Waals surface area contributed by atoms with E-state index in [9.17, 15) is 4.79 Å². The molecule has 0 aliphatic rings. The molecule has 0 saturated heterocycles. The van der Waals surface area contributed by atoms with Crippen molar-refractivity contribution in [3.05, 3.63) is 35.9 Å². The van der Waals surface area contributed by atoms with E-state index in [1.807, 2.05) is 37.3 Å². The number of esters is 1. The molecule has 0 spiro atoms. The van der Waals surface area contributed by atoms with Gasteiger partial charge in [-0.2, -0.15) is 0 Å². The van der Waals surface area contributed by atoms with Crippen LogP contribution >= 0.6 is 0 Å². The summed E-state index contributed by atoms with van der Waals surface area (Å²) >= 11 is 0. The number of rotatable bonds is 4. The Labute approximate surface area is 129 Å². The fourth-order valence-corrected chi connectivity index (χ4v) is 2.59. The van der Waals surface area contributed by atoms with Crippen molar-refractivity contribution in [2.24, 2.45) is 16.2 Å². The van der Waals surface area contributed by atoms with E-state index in [0.29, 0.717) is 6.61 Å². The number of benzene rings is 1. The molecule has 0 amide bonds. The summed E-state index contributed by atoms with van der Waals surface area (Å²) < 4.78 is 5.63. The second-order valence-electron chi connectivity index (χ2n) is 8.38. The third kappa shape index (κ3) is 4.87. The second-order valence-corrected chi connectivity index (χ2v) is 8.38. The lowest BCUT2D eigenvalue weighted by molar-refractivity contribution is -0.166. The molecule has 0 saturated carbocycles. The zero-order chi connectivity index (χ0) is 16.3. The normalized spacial score (nSPS) is 15.4. The molecule has 21 heavy (non-hydrogen) atoms. The summed E-state index contributed by atoms with van der Waals surface area (Å²) in [6.45, 7) is 15.2. The summed E-state index contributed by atoms with van der Waals surface area (Å²) in [6.07, 6.45) is 0.803. The van der Waals surface area contributed by atoms with Gasteiger partial charge in [-0.25, -0.2) is 0 Å². The quantitative estimate of drug-likeness (QED) is 0.711. The fraction of sp³-hybridized carbons (Fsp3) is 0.632. The molecule has 0 aliphatic heterocycles. The number of hydrogen-bond acceptors (Lipinski definition) is 2. The maximum Gasteiger partial charge on any atom is 0.312 e. The van der Waals surface area contributed by atoms with Gasteiger partial charge in [-0.15, -0.1) is 0 Å². The van der Waals surface area contributed by atoms with Crippen LogP contribution in [-0.4, -0.2) is 5.97 Å². The van der Waals surface area contributed by atoms with E-state index in [1.54, 1.807) is 0 Å². The molecule has 0 bridgehead atoms. The molecule has 2 heteroatoms. The minimum absolute atomic E-state index is 0.0772. The number of carbonyl (C=O) groups is 1. The Balaban J connectivity index is 2.87. The second kappa shape index (κ2) is 6.21. The molecule has 1 unspecified atom stereocenters. The average Bonchev–Trinajstić information content (AvgIpc) is 2.33. The average molecular weight is 290 g/mol. The summed E-state index contributed by atoms with van der Waals surface area (Å²) in [6, 6.07) is 9.84. The van der Waals surface area contributed by atoms with Crippen LogP contribution in [-0.2, 0) is 16.1 Å². The lowest BCUT2D eigenvalue weighted by Crippen LogP contribution is -2.44. The molecule has 0 aromatic heterocycles. The molecule has 1 rings (SSSR count). The maximum atomic E-state index is 12.7. The van der Waals surface area contributed by atoms with Gasteiger partial charge in [0.05, 0.1) is 5.41 Å². The van der Waals surface area contributed by atoms with Gasteiger partial charge in [0.2, 0.25) is 0 Å². The van der Waals surface area contributed by atoms with Crippen molar-refractivity contribution in [1.82, 2.24) is 0 Å². The molecule has 1 atom stereocenters. The van der Waals surface area contributed by atoms with Crippen LogP contribution in [0, 0.1) is 16.2 Å². The van der Waals surface area contributed by atoms with Crippen molar-refractivity contribution >= 4 is 5.97 Å². The van der Waals surface area contributed by atoms with Crippen LogP contribution < -0.4 is 0 Å². The van der Waals surface area contributed by atoms with Gasteiger partial charge >= 0.3 is 5.97 Å². The first-order valence-electron chi connectivity index (χ1n) is 7.67. The summed E-state index contributed by atoms with van der Waals surface area (Å²) in [5, 5.41) is 0. The Morgan fingerprint density at radius 1 is 0.952 bits per heavy atom. The first-order chi connectivity index (χ1) is 9.46. The van der Waals surface area contributed by atoms with Crippen molar-refractivity contribution in [3.8, 4) is 0 Å². The Hall–Kier alpha value is -1.31. The monoisotopic (exact) mass is 290 g/mol. The molecule has 0 fully saturated rings. The van der Waals surface area contributed by atoms with Gasteiger partial charge < -0.3 is 4.74 Å². The zero-order valence-corrected chi connectivity index (χ0v) is 14.6. The number of carbonyl (C=O) groups excluding carboxylic acids is 1. The molecule has 0 N–H and O–H groups in total. The summed E-state index contributed by atoms with van der Waals surface area (Å²) in [5.74, 6) is -0.103. The Morgan fingerprint density at radius 3 is 1.90 bits per heavy atom. The van der Waals surface area contributed by atoms with Gasteiger partial charge in [0, 0.05) is 0 Å². The van der Waals surface area contributed by atoms with Crippen molar-refractivity contribution in [1.29, 1.82) is 0 Å². The highest BCUT2D eigenvalue weighted by Crippen LogP contribution is 2.47. The highest BCUT2D eigenvalue weighted by atomic mass is 16.5. The minimum Gasteiger partial charge on any atom is -0.460 e. The van der Waals surface area contributed by atoms with Gasteiger partial charge in [-0.3, -0.25) is 4.79 Å². The zero-order valence-electron chi connectivity index (χ0n) is 14.6. The van der Waals surface area contributed by atoms with Crippen LogP contribution in [0.4, 0.5) is 0 Å².